The Labute approximate surface area is 83.1 Å². The second-order valence-corrected chi connectivity index (χ2v) is 2.21. The molecule has 1 aromatic carbocycles. The fourth-order valence-corrected chi connectivity index (χ4v) is 0.749. The van der Waals surface area contributed by atoms with Gasteiger partial charge in [0.1, 0.15) is 0 Å². The third-order valence-electron chi connectivity index (χ3n) is 1.22. The van der Waals surface area contributed by atoms with Crippen molar-refractivity contribution in [1.29, 1.82) is 0 Å². The van der Waals surface area contributed by atoms with Gasteiger partial charge in [-0.3, -0.25) is 0 Å². The molecule has 0 atom stereocenters. The molecule has 2 nitrogen and oxygen atoms in total. The largest absolute Gasteiger partial charge is 0.573 e. The summed E-state index contributed by atoms with van der Waals surface area (Å²) in [5, 5.41) is 0. The van der Waals surface area contributed by atoms with Crippen molar-refractivity contribution in [2.45, 2.75) is 6.36 Å². The monoisotopic (exact) mass is 231 g/mol. The van der Waals surface area contributed by atoms with E-state index in [0.29, 0.717) is 0 Å². The van der Waals surface area contributed by atoms with Gasteiger partial charge in [-0.15, -0.1) is 25.6 Å². The lowest BCUT2D eigenvalue weighted by Crippen LogP contribution is -2.18. The highest BCUT2D eigenvalue weighted by Gasteiger charge is 2.33. The fourth-order valence-electron chi connectivity index (χ4n) is 0.749. The van der Waals surface area contributed by atoms with Crippen molar-refractivity contribution >= 4 is 18.1 Å². The van der Waals surface area contributed by atoms with Gasteiger partial charge in [-0.1, -0.05) is 6.07 Å². The molecule has 80 valence electrons. The van der Waals surface area contributed by atoms with Crippen LogP contribution >= 0.6 is 12.4 Å². The van der Waals surface area contributed by atoms with Crippen molar-refractivity contribution in [2.24, 2.45) is 0 Å². The van der Waals surface area contributed by atoms with Gasteiger partial charge in [-0.25, -0.2) is 4.39 Å². The van der Waals surface area contributed by atoms with Crippen LogP contribution in [0.4, 0.5) is 23.2 Å². The van der Waals surface area contributed by atoms with Crippen molar-refractivity contribution in [3.63, 3.8) is 0 Å². The van der Waals surface area contributed by atoms with Gasteiger partial charge in [-0.05, 0) is 12.1 Å². The first-order valence-electron chi connectivity index (χ1n) is 3.20. The molecule has 0 aliphatic rings. The highest BCUT2D eigenvalue weighted by atomic mass is 35.5. The van der Waals surface area contributed by atoms with Crippen molar-refractivity contribution in [3.8, 4) is 5.75 Å². The average molecular weight is 232 g/mol. The summed E-state index contributed by atoms with van der Waals surface area (Å²) in [6.07, 6.45) is -4.93. The highest BCUT2D eigenvalue weighted by Crippen LogP contribution is 2.30. The van der Waals surface area contributed by atoms with Gasteiger partial charge in [0.2, 0.25) is 0 Å². The van der Waals surface area contributed by atoms with Crippen LogP contribution in [0, 0.1) is 5.82 Å². The van der Waals surface area contributed by atoms with E-state index in [1.165, 1.54) is 6.07 Å². The van der Waals surface area contributed by atoms with E-state index < -0.39 is 23.6 Å². The van der Waals surface area contributed by atoms with Crippen LogP contribution < -0.4 is 10.5 Å². The average Bonchev–Trinajstić information content (AvgIpc) is 1.95. The number of benzene rings is 1. The second kappa shape index (κ2) is 4.36. The smallest absolute Gasteiger partial charge is 0.400 e. The number of rotatable bonds is 1. The Bertz CT molecular complexity index is 295. The standard InChI is InChI=1S/C7H5F4NO.ClH/c8-4-2-1-3-5(12)6(4)13-7(9,10)11;/h1-3H,12H2;1H. The van der Waals surface area contributed by atoms with E-state index in [1.54, 1.807) is 0 Å². The normalized spacial score (nSPS) is 10.6. The predicted molar refractivity (Wildman–Crippen MR) is 44.7 cm³/mol. The molecule has 0 unspecified atom stereocenters. The molecular formula is C7H6ClF4NO. The van der Waals surface area contributed by atoms with Crippen LogP contribution in [0.25, 0.3) is 0 Å². The highest BCUT2D eigenvalue weighted by molar-refractivity contribution is 5.85. The van der Waals surface area contributed by atoms with E-state index in [4.69, 9.17) is 5.73 Å². The van der Waals surface area contributed by atoms with E-state index in [1.807, 2.05) is 0 Å². The minimum Gasteiger partial charge on any atom is -0.400 e. The molecule has 0 amide bonds. The van der Waals surface area contributed by atoms with Crippen LogP contribution in [0.5, 0.6) is 5.75 Å². The van der Waals surface area contributed by atoms with Crippen LogP contribution in [0.1, 0.15) is 0 Å². The second-order valence-electron chi connectivity index (χ2n) is 2.21. The van der Waals surface area contributed by atoms with Gasteiger partial charge in [-0.2, -0.15) is 0 Å². The molecule has 0 radical (unpaired) electrons. The van der Waals surface area contributed by atoms with Crippen LogP contribution in [-0.2, 0) is 0 Å². The van der Waals surface area contributed by atoms with Crippen LogP contribution in [0.15, 0.2) is 18.2 Å². The third-order valence-corrected chi connectivity index (χ3v) is 1.22. The van der Waals surface area contributed by atoms with Gasteiger partial charge < -0.3 is 10.5 Å². The number of ether oxygens (including phenoxy) is 1. The number of nitrogens with two attached hydrogens (primary N) is 1. The Morgan fingerprint density at radius 1 is 1.21 bits per heavy atom. The lowest BCUT2D eigenvalue weighted by atomic mass is 10.3. The van der Waals surface area contributed by atoms with Gasteiger partial charge in [0, 0.05) is 0 Å². The molecule has 0 fully saturated rings. The van der Waals surface area contributed by atoms with Crippen molar-refractivity contribution < 1.29 is 22.3 Å². The third kappa shape index (κ3) is 3.29. The van der Waals surface area contributed by atoms with E-state index >= 15 is 0 Å². The maximum atomic E-state index is 12.7. The molecule has 0 heterocycles. The molecule has 0 aliphatic heterocycles. The van der Waals surface area contributed by atoms with E-state index in [0.717, 1.165) is 12.1 Å². The quantitative estimate of drug-likeness (QED) is 0.596. The lowest BCUT2D eigenvalue weighted by molar-refractivity contribution is -0.275. The zero-order valence-electron chi connectivity index (χ0n) is 6.64. The van der Waals surface area contributed by atoms with Gasteiger partial charge >= 0.3 is 6.36 Å². The number of hydrogen-bond donors (Lipinski definition) is 1. The molecule has 1 aromatic rings. The molecule has 14 heavy (non-hydrogen) atoms. The molecule has 0 saturated carbocycles. The summed E-state index contributed by atoms with van der Waals surface area (Å²) in [6, 6.07) is 3.13. The Kier molecular flexibility index (Phi) is 4.00. The van der Waals surface area contributed by atoms with E-state index in [-0.39, 0.29) is 12.4 Å². The topological polar surface area (TPSA) is 35.2 Å². The van der Waals surface area contributed by atoms with Gasteiger partial charge in [0.05, 0.1) is 5.69 Å². The van der Waals surface area contributed by atoms with Gasteiger partial charge in [0.25, 0.3) is 0 Å². The summed E-state index contributed by atoms with van der Waals surface area (Å²) in [5.74, 6) is -2.13. The van der Waals surface area contributed by atoms with E-state index in [9.17, 15) is 17.6 Å². The van der Waals surface area contributed by atoms with Crippen LogP contribution in [-0.4, -0.2) is 6.36 Å². The molecule has 1 rings (SSSR count). The minimum atomic E-state index is -4.93. The molecule has 2 N–H and O–H groups in total. The Balaban J connectivity index is 0.00000169. The SMILES string of the molecule is Cl.Nc1cccc(F)c1OC(F)(F)F. The predicted octanol–water partition coefficient (Wildman–Crippen LogP) is 2.73. The summed E-state index contributed by atoms with van der Waals surface area (Å²) in [6.45, 7) is 0. The molecule has 7 heteroatoms. The first-order valence-corrected chi connectivity index (χ1v) is 3.20. The number of alkyl halides is 3. The lowest BCUT2D eigenvalue weighted by Gasteiger charge is -2.11. The van der Waals surface area contributed by atoms with Crippen molar-refractivity contribution in [2.75, 3.05) is 5.73 Å². The minimum absolute atomic E-state index is 0. The zero-order chi connectivity index (χ0) is 10.1. The molecule has 0 aliphatic carbocycles. The number of hydrogen-bond acceptors (Lipinski definition) is 2. The summed E-state index contributed by atoms with van der Waals surface area (Å²) >= 11 is 0. The maximum Gasteiger partial charge on any atom is 0.573 e. The summed E-state index contributed by atoms with van der Waals surface area (Å²) < 4.78 is 51.0. The molecule has 0 saturated heterocycles. The maximum absolute atomic E-state index is 12.7. The number of para-hydroxylation sites is 1. The Morgan fingerprint density at radius 2 is 1.79 bits per heavy atom. The van der Waals surface area contributed by atoms with Gasteiger partial charge in [0.15, 0.2) is 11.6 Å². The number of nitrogen functional groups attached to an aromatic ring is 1. The Hall–Kier alpha value is -1.17. The summed E-state index contributed by atoms with van der Waals surface area (Å²) in [5.41, 5.74) is 4.67. The fraction of sp³-hybridized carbons (Fsp3) is 0.143. The Morgan fingerprint density at radius 3 is 2.21 bits per heavy atom. The summed E-state index contributed by atoms with van der Waals surface area (Å²) in [7, 11) is 0. The van der Waals surface area contributed by atoms with E-state index in [2.05, 4.69) is 4.74 Å². The number of anilines is 1. The first kappa shape index (κ1) is 12.8. The summed E-state index contributed by atoms with van der Waals surface area (Å²) in [4.78, 5) is 0. The molecular weight excluding hydrogens is 226 g/mol. The zero-order valence-corrected chi connectivity index (χ0v) is 7.45. The van der Waals surface area contributed by atoms with Crippen LogP contribution in [0.3, 0.4) is 0 Å². The molecule has 0 bridgehead atoms. The molecule has 0 spiro atoms. The molecule has 0 aromatic heterocycles. The first-order chi connectivity index (χ1) is 5.90. The van der Waals surface area contributed by atoms with Crippen molar-refractivity contribution in [3.05, 3.63) is 24.0 Å². The van der Waals surface area contributed by atoms with Crippen LogP contribution in [0.2, 0.25) is 0 Å². The number of halogens is 5. The van der Waals surface area contributed by atoms with Crippen molar-refractivity contribution in [1.82, 2.24) is 0 Å².